The molecule has 0 bridgehead atoms. The van der Waals surface area contributed by atoms with Gasteiger partial charge in [0, 0.05) is 6.54 Å². The van der Waals surface area contributed by atoms with Crippen LogP contribution in [0.2, 0.25) is 0 Å². The van der Waals surface area contributed by atoms with Gasteiger partial charge in [0.25, 0.3) is 0 Å². The van der Waals surface area contributed by atoms with Crippen molar-refractivity contribution in [3.8, 4) is 0 Å². The van der Waals surface area contributed by atoms with Gasteiger partial charge in [0.15, 0.2) is 0 Å². The van der Waals surface area contributed by atoms with Crippen molar-refractivity contribution in [1.29, 1.82) is 0 Å². The summed E-state index contributed by atoms with van der Waals surface area (Å²) in [5, 5.41) is 18.7. The van der Waals surface area contributed by atoms with Crippen LogP contribution in [-0.4, -0.2) is 37.4 Å². The minimum absolute atomic E-state index is 0.119. The summed E-state index contributed by atoms with van der Waals surface area (Å²) in [6, 6.07) is 6.33. The van der Waals surface area contributed by atoms with Crippen LogP contribution in [-0.2, 0) is 10.0 Å². The van der Waals surface area contributed by atoms with E-state index < -0.39 is 22.2 Å². The van der Waals surface area contributed by atoms with Crippen LogP contribution in [0.15, 0.2) is 41.8 Å². The highest BCUT2D eigenvalue weighted by atomic mass is 32.2. The first kappa shape index (κ1) is 14.8. The number of aryl methyl sites for hydroxylation is 1. The summed E-state index contributed by atoms with van der Waals surface area (Å²) in [4.78, 5) is 0.119. The lowest BCUT2D eigenvalue weighted by molar-refractivity contribution is 0.0528. The quantitative estimate of drug-likeness (QED) is 0.644. The molecule has 0 saturated carbocycles. The topological polar surface area (TPSA) is 86.6 Å². The molecule has 18 heavy (non-hydrogen) atoms. The van der Waals surface area contributed by atoms with Crippen molar-refractivity contribution >= 4 is 10.0 Å². The second-order valence-electron chi connectivity index (χ2n) is 3.96. The molecule has 0 aromatic heterocycles. The average Bonchev–Trinajstić information content (AvgIpc) is 2.35. The summed E-state index contributed by atoms with van der Waals surface area (Å²) in [5.41, 5.74) is 0.955. The maximum atomic E-state index is 11.8. The van der Waals surface area contributed by atoms with E-state index in [1.165, 1.54) is 12.1 Å². The van der Waals surface area contributed by atoms with E-state index in [1.807, 2.05) is 6.92 Å². The lowest BCUT2D eigenvalue weighted by Crippen LogP contribution is -2.38. The molecule has 0 fully saturated rings. The van der Waals surface area contributed by atoms with Crippen LogP contribution in [0.3, 0.4) is 0 Å². The molecule has 1 rings (SSSR count). The van der Waals surface area contributed by atoms with E-state index in [1.54, 1.807) is 12.1 Å². The largest absolute Gasteiger partial charge is 0.389 e. The number of hydrogen-bond acceptors (Lipinski definition) is 4. The van der Waals surface area contributed by atoms with Gasteiger partial charge in [-0.05, 0) is 19.1 Å². The van der Waals surface area contributed by atoms with Crippen LogP contribution in [0, 0.1) is 6.92 Å². The van der Waals surface area contributed by atoms with Gasteiger partial charge < -0.3 is 10.2 Å². The van der Waals surface area contributed by atoms with Gasteiger partial charge in [-0.1, -0.05) is 23.8 Å². The van der Waals surface area contributed by atoms with E-state index in [9.17, 15) is 18.6 Å². The molecule has 0 heterocycles. The summed E-state index contributed by atoms with van der Waals surface area (Å²) >= 11 is 0. The summed E-state index contributed by atoms with van der Waals surface area (Å²) in [6.07, 6.45) is -1.24. The van der Waals surface area contributed by atoms with Gasteiger partial charge in [0.1, 0.15) is 0 Å². The fraction of sp³-hybridized carbons (Fsp3) is 0.333. The van der Waals surface area contributed by atoms with Crippen LogP contribution < -0.4 is 4.72 Å². The number of nitrogens with one attached hydrogen (secondary N) is 1. The fourth-order valence-corrected chi connectivity index (χ4v) is 2.32. The molecule has 0 radical (unpaired) electrons. The molecule has 0 aliphatic rings. The zero-order valence-electron chi connectivity index (χ0n) is 10.1. The number of sulfonamides is 1. The van der Waals surface area contributed by atoms with Crippen LogP contribution in [0.5, 0.6) is 0 Å². The van der Waals surface area contributed by atoms with Gasteiger partial charge >= 0.3 is 0 Å². The van der Waals surface area contributed by atoms with E-state index in [-0.39, 0.29) is 11.4 Å². The Hall–Kier alpha value is -1.21. The Morgan fingerprint density at radius 2 is 1.89 bits per heavy atom. The van der Waals surface area contributed by atoms with Crippen LogP contribution in [0.4, 0.5) is 0 Å². The summed E-state index contributed by atoms with van der Waals surface area (Å²) in [6.45, 7) is 4.89. The molecular formula is C12H17NO4S. The number of benzene rings is 1. The molecule has 0 spiro atoms. The number of rotatable bonds is 6. The summed E-state index contributed by atoms with van der Waals surface area (Å²) < 4.78 is 25.9. The monoisotopic (exact) mass is 271 g/mol. The third-order valence-electron chi connectivity index (χ3n) is 2.45. The predicted octanol–water partition coefficient (Wildman–Crippen LogP) is 0.181. The highest BCUT2D eigenvalue weighted by molar-refractivity contribution is 7.89. The van der Waals surface area contributed by atoms with Crippen molar-refractivity contribution in [3.63, 3.8) is 0 Å². The van der Waals surface area contributed by atoms with E-state index in [0.717, 1.165) is 11.6 Å². The van der Waals surface area contributed by atoms with E-state index in [4.69, 9.17) is 0 Å². The SMILES string of the molecule is C=CC(O)C(O)CNS(=O)(=O)c1ccc(C)cc1. The van der Waals surface area contributed by atoms with Crippen molar-refractivity contribution in [3.05, 3.63) is 42.5 Å². The lowest BCUT2D eigenvalue weighted by atomic mass is 10.2. The molecule has 0 aliphatic heterocycles. The molecular weight excluding hydrogens is 254 g/mol. The Labute approximate surface area is 107 Å². The molecule has 2 unspecified atom stereocenters. The minimum Gasteiger partial charge on any atom is -0.389 e. The number of hydrogen-bond donors (Lipinski definition) is 3. The number of aliphatic hydroxyl groups excluding tert-OH is 2. The average molecular weight is 271 g/mol. The molecule has 1 aromatic rings. The van der Waals surface area contributed by atoms with Gasteiger partial charge in [-0.3, -0.25) is 0 Å². The second-order valence-corrected chi connectivity index (χ2v) is 5.73. The van der Waals surface area contributed by atoms with Gasteiger partial charge in [0.05, 0.1) is 17.1 Å². The van der Waals surface area contributed by atoms with Gasteiger partial charge in [-0.15, -0.1) is 6.58 Å². The van der Waals surface area contributed by atoms with Crippen molar-refractivity contribution in [1.82, 2.24) is 4.72 Å². The van der Waals surface area contributed by atoms with Crippen molar-refractivity contribution in [2.24, 2.45) is 0 Å². The highest BCUT2D eigenvalue weighted by Crippen LogP contribution is 2.09. The summed E-state index contributed by atoms with van der Waals surface area (Å²) in [5.74, 6) is 0. The van der Waals surface area contributed by atoms with Crippen molar-refractivity contribution < 1.29 is 18.6 Å². The molecule has 1 aromatic carbocycles. The Bertz CT molecular complexity index is 495. The maximum Gasteiger partial charge on any atom is 0.240 e. The smallest absolute Gasteiger partial charge is 0.240 e. The maximum absolute atomic E-state index is 11.8. The molecule has 2 atom stereocenters. The molecule has 0 aliphatic carbocycles. The Morgan fingerprint density at radius 1 is 1.33 bits per heavy atom. The molecule has 0 amide bonds. The van der Waals surface area contributed by atoms with Crippen molar-refractivity contribution in [2.45, 2.75) is 24.0 Å². The Morgan fingerprint density at radius 3 is 2.39 bits per heavy atom. The summed E-state index contributed by atoms with van der Waals surface area (Å²) in [7, 11) is -3.67. The first-order chi connectivity index (χ1) is 8.36. The first-order valence-electron chi connectivity index (χ1n) is 5.42. The van der Waals surface area contributed by atoms with Gasteiger partial charge in [0.2, 0.25) is 10.0 Å². The van der Waals surface area contributed by atoms with Crippen LogP contribution >= 0.6 is 0 Å². The van der Waals surface area contributed by atoms with Crippen molar-refractivity contribution in [2.75, 3.05) is 6.54 Å². The number of aliphatic hydroxyl groups is 2. The van der Waals surface area contributed by atoms with E-state index >= 15 is 0 Å². The standard InChI is InChI=1S/C12H17NO4S/c1-3-11(14)12(15)8-13-18(16,17)10-6-4-9(2)5-7-10/h3-7,11-15H,1,8H2,2H3. The normalized spacial score (nSPS) is 15.1. The van der Waals surface area contributed by atoms with Gasteiger partial charge in [-0.2, -0.15) is 0 Å². The minimum atomic E-state index is -3.67. The molecule has 5 nitrogen and oxygen atoms in total. The lowest BCUT2D eigenvalue weighted by Gasteiger charge is -2.15. The third kappa shape index (κ3) is 3.92. The fourth-order valence-electron chi connectivity index (χ4n) is 1.27. The molecule has 100 valence electrons. The molecule has 6 heteroatoms. The molecule has 3 N–H and O–H groups in total. The van der Waals surface area contributed by atoms with E-state index in [0.29, 0.717) is 0 Å². The zero-order chi connectivity index (χ0) is 13.8. The highest BCUT2D eigenvalue weighted by Gasteiger charge is 2.18. The molecule has 0 saturated heterocycles. The Kier molecular flexibility index (Phi) is 5.03. The zero-order valence-corrected chi connectivity index (χ0v) is 10.9. The third-order valence-corrected chi connectivity index (χ3v) is 3.89. The van der Waals surface area contributed by atoms with Crippen LogP contribution in [0.25, 0.3) is 0 Å². The van der Waals surface area contributed by atoms with Crippen LogP contribution in [0.1, 0.15) is 5.56 Å². The first-order valence-corrected chi connectivity index (χ1v) is 6.90. The predicted molar refractivity (Wildman–Crippen MR) is 68.6 cm³/mol. The Balaban J connectivity index is 2.71. The van der Waals surface area contributed by atoms with E-state index in [2.05, 4.69) is 11.3 Å². The van der Waals surface area contributed by atoms with Gasteiger partial charge in [-0.25, -0.2) is 13.1 Å². The second kappa shape index (κ2) is 6.10.